The second kappa shape index (κ2) is 6.90. The van der Waals surface area contributed by atoms with Gasteiger partial charge in [0.2, 0.25) is 0 Å². The predicted octanol–water partition coefficient (Wildman–Crippen LogP) is 4.46. The van der Waals surface area contributed by atoms with Crippen LogP contribution in [0.2, 0.25) is 10.0 Å². The molecular formula is C16H17Cl2N3O. The second-order valence-electron chi connectivity index (χ2n) is 5.16. The molecule has 2 aromatic carbocycles. The fraction of sp³-hybridized carbons (Fsp3) is 0.188. The van der Waals surface area contributed by atoms with Gasteiger partial charge < -0.3 is 16.4 Å². The van der Waals surface area contributed by atoms with E-state index in [2.05, 4.69) is 10.6 Å². The summed E-state index contributed by atoms with van der Waals surface area (Å²) < 4.78 is 0. The Balaban J connectivity index is 2.38. The van der Waals surface area contributed by atoms with Crippen LogP contribution in [0.3, 0.4) is 0 Å². The van der Waals surface area contributed by atoms with Gasteiger partial charge in [-0.3, -0.25) is 4.79 Å². The predicted molar refractivity (Wildman–Crippen MR) is 93.2 cm³/mol. The van der Waals surface area contributed by atoms with E-state index in [1.165, 1.54) is 0 Å². The lowest BCUT2D eigenvalue weighted by molar-refractivity contribution is 0.0944. The standard InChI is InChI=1S/C16H17Cl2N3O/c1-9(2)20-16(22)11-8-10(19)6-7-13(11)21-14-5-3-4-12(17)15(14)18/h3-9,21H,19H2,1-2H3,(H,20,22). The highest BCUT2D eigenvalue weighted by molar-refractivity contribution is 6.43. The Bertz CT molecular complexity index is 702. The van der Waals surface area contributed by atoms with E-state index < -0.39 is 0 Å². The molecule has 0 fully saturated rings. The monoisotopic (exact) mass is 337 g/mol. The number of halogens is 2. The minimum Gasteiger partial charge on any atom is -0.399 e. The molecule has 116 valence electrons. The van der Waals surface area contributed by atoms with Crippen molar-refractivity contribution >= 4 is 46.2 Å². The van der Waals surface area contributed by atoms with Gasteiger partial charge in [0.05, 0.1) is 27.0 Å². The summed E-state index contributed by atoms with van der Waals surface area (Å²) in [6.45, 7) is 3.79. The third kappa shape index (κ3) is 3.84. The van der Waals surface area contributed by atoms with Gasteiger partial charge in [0.1, 0.15) is 0 Å². The van der Waals surface area contributed by atoms with E-state index in [1.54, 1.807) is 36.4 Å². The van der Waals surface area contributed by atoms with E-state index >= 15 is 0 Å². The van der Waals surface area contributed by atoms with Crippen LogP contribution in [0.25, 0.3) is 0 Å². The Morgan fingerprint density at radius 1 is 1.14 bits per heavy atom. The average Bonchev–Trinajstić information content (AvgIpc) is 2.45. The van der Waals surface area contributed by atoms with E-state index in [1.807, 2.05) is 13.8 Å². The molecule has 4 nitrogen and oxygen atoms in total. The van der Waals surface area contributed by atoms with Crippen molar-refractivity contribution in [2.24, 2.45) is 0 Å². The van der Waals surface area contributed by atoms with Gasteiger partial charge >= 0.3 is 0 Å². The quantitative estimate of drug-likeness (QED) is 0.721. The Kier molecular flexibility index (Phi) is 5.16. The molecule has 0 saturated heterocycles. The van der Waals surface area contributed by atoms with Crippen LogP contribution in [0.15, 0.2) is 36.4 Å². The zero-order valence-corrected chi connectivity index (χ0v) is 13.8. The first-order chi connectivity index (χ1) is 10.4. The van der Waals surface area contributed by atoms with Gasteiger partial charge in [-0.25, -0.2) is 0 Å². The fourth-order valence-corrected chi connectivity index (χ4v) is 2.29. The van der Waals surface area contributed by atoms with Crippen LogP contribution in [0, 0.1) is 0 Å². The molecule has 0 aliphatic carbocycles. The minimum atomic E-state index is -0.206. The number of carbonyl (C=O) groups is 1. The van der Waals surface area contributed by atoms with Crippen molar-refractivity contribution in [1.29, 1.82) is 0 Å². The maximum Gasteiger partial charge on any atom is 0.253 e. The highest BCUT2D eigenvalue weighted by Crippen LogP contribution is 2.33. The second-order valence-corrected chi connectivity index (χ2v) is 5.94. The normalized spacial score (nSPS) is 10.6. The van der Waals surface area contributed by atoms with Gasteiger partial charge in [-0.05, 0) is 44.2 Å². The number of benzene rings is 2. The topological polar surface area (TPSA) is 67.2 Å². The molecule has 6 heteroatoms. The number of nitrogens with one attached hydrogen (secondary N) is 2. The molecule has 2 aromatic rings. The first kappa shape index (κ1) is 16.5. The third-order valence-electron chi connectivity index (χ3n) is 2.93. The molecule has 0 atom stereocenters. The highest BCUT2D eigenvalue weighted by Gasteiger charge is 2.14. The number of anilines is 3. The summed E-state index contributed by atoms with van der Waals surface area (Å²) >= 11 is 12.2. The number of hydrogen-bond acceptors (Lipinski definition) is 3. The van der Waals surface area contributed by atoms with Gasteiger partial charge in [0, 0.05) is 11.7 Å². The summed E-state index contributed by atoms with van der Waals surface area (Å²) in [5, 5.41) is 6.81. The zero-order valence-electron chi connectivity index (χ0n) is 12.3. The van der Waals surface area contributed by atoms with Crippen LogP contribution in [0.4, 0.5) is 17.1 Å². The van der Waals surface area contributed by atoms with Crippen molar-refractivity contribution in [3.63, 3.8) is 0 Å². The lowest BCUT2D eigenvalue weighted by atomic mass is 10.1. The Morgan fingerprint density at radius 3 is 2.55 bits per heavy atom. The van der Waals surface area contributed by atoms with E-state index in [9.17, 15) is 4.79 Å². The maximum atomic E-state index is 12.3. The Labute approximate surface area is 139 Å². The summed E-state index contributed by atoms with van der Waals surface area (Å²) in [6, 6.07) is 10.4. The van der Waals surface area contributed by atoms with Crippen molar-refractivity contribution in [1.82, 2.24) is 5.32 Å². The van der Waals surface area contributed by atoms with E-state index in [-0.39, 0.29) is 11.9 Å². The fourth-order valence-electron chi connectivity index (χ4n) is 1.94. The molecular weight excluding hydrogens is 321 g/mol. The molecule has 1 amide bonds. The van der Waals surface area contributed by atoms with Crippen LogP contribution < -0.4 is 16.4 Å². The molecule has 0 aromatic heterocycles. The number of nitrogen functional groups attached to an aromatic ring is 1. The first-order valence-electron chi connectivity index (χ1n) is 6.80. The summed E-state index contributed by atoms with van der Waals surface area (Å²) in [5.41, 5.74) is 7.98. The summed E-state index contributed by atoms with van der Waals surface area (Å²) in [6.07, 6.45) is 0. The van der Waals surface area contributed by atoms with Crippen LogP contribution in [-0.4, -0.2) is 11.9 Å². The van der Waals surface area contributed by atoms with E-state index in [0.29, 0.717) is 32.7 Å². The zero-order chi connectivity index (χ0) is 16.3. The van der Waals surface area contributed by atoms with Crippen molar-refractivity contribution in [2.45, 2.75) is 19.9 Å². The Hall–Kier alpha value is -1.91. The molecule has 0 unspecified atom stereocenters. The number of carbonyl (C=O) groups excluding carboxylic acids is 1. The number of hydrogen-bond donors (Lipinski definition) is 3. The van der Waals surface area contributed by atoms with Gasteiger partial charge in [-0.1, -0.05) is 29.3 Å². The average molecular weight is 338 g/mol. The molecule has 0 heterocycles. The highest BCUT2D eigenvalue weighted by atomic mass is 35.5. The van der Waals surface area contributed by atoms with Gasteiger partial charge in [0.15, 0.2) is 0 Å². The number of amides is 1. The molecule has 0 radical (unpaired) electrons. The molecule has 0 saturated carbocycles. The molecule has 22 heavy (non-hydrogen) atoms. The van der Waals surface area contributed by atoms with Crippen LogP contribution in [-0.2, 0) is 0 Å². The van der Waals surface area contributed by atoms with E-state index in [0.717, 1.165) is 0 Å². The van der Waals surface area contributed by atoms with Crippen LogP contribution in [0.5, 0.6) is 0 Å². The maximum absolute atomic E-state index is 12.3. The summed E-state index contributed by atoms with van der Waals surface area (Å²) in [5.74, 6) is -0.206. The van der Waals surface area contributed by atoms with Crippen LogP contribution in [0.1, 0.15) is 24.2 Å². The SMILES string of the molecule is CC(C)NC(=O)c1cc(N)ccc1Nc1cccc(Cl)c1Cl. The minimum absolute atomic E-state index is 0.0246. The van der Waals surface area contributed by atoms with Gasteiger partial charge in [-0.15, -0.1) is 0 Å². The lowest BCUT2D eigenvalue weighted by Gasteiger charge is -2.15. The van der Waals surface area contributed by atoms with Crippen molar-refractivity contribution in [3.05, 3.63) is 52.0 Å². The van der Waals surface area contributed by atoms with Gasteiger partial charge in [-0.2, -0.15) is 0 Å². The molecule has 4 N–H and O–H groups in total. The molecule has 0 bridgehead atoms. The molecule has 2 rings (SSSR count). The smallest absolute Gasteiger partial charge is 0.253 e. The van der Waals surface area contributed by atoms with E-state index in [4.69, 9.17) is 28.9 Å². The first-order valence-corrected chi connectivity index (χ1v) is 7.55. The number of rotatable bonds is 4. The number of nitrogens with two attached hydrogens (primary N) is 1. The Morgan fingerprint density at radius 2 is 1.86 bits per heavy atom. The van der Waals surface area contributed by atoms with Crippen molar-refractivity contribution < 1.29 is 4.79 Å². The summed E-state index contributed by atoms with van der Waals surface area (Å²) in [7, 11) is 0. The molecule has 0 spiro atoms. The summed E-state index contributed by atoms with van der Waals surface area (Å²) in [4.78, 5) is 12.3. The largest absolute Gasteiger partial charge is 0.399 e. The van der Waals surface area contributed by atoms with Crippen molar-refractivity contribution in [3.8, 4) is 0 Å². The lowest BCUT2D eigenvalue weighted by Crippen LogP contribution is -2.30. The van der Waals surface area contributed by atoms with Crippen LogP contribution >= 0.6 is 23.2 Å². The third-order valence-corrected chi connectivity index (χ3v) is 3.75. The molecule has 0 aliphatic heterocycles. The van der Waals surface area contributed by atoms with Gasteiger partial charge in [0.25, 0.3) is 5.91 Å². The van der Waals surface area contributed by atoms with Crippen molar-refractivity contribution in [2.75, 3.05) is 11.1 Å². The molecule has 0 aliphatic rings.